The highest BCUT2D eigenvalue weighted by molar-refractivity contribution is 5.52. The van der Waals surface area contributed by atoms with E-state index in [0.29, 0.717) is 0 Å². The van der Waals surface area contributed by atoms with Crippen LogP contribution in [0.3, 0.4) is 0 Å². The first-order valence-electron chi connectivity index (χ1n) is 2.70. The molecular formula is C6H4NO4. The van der Waals surface area contributed by atoms with E-state index in [4.69, 9.17) is 10.2 Å². The van der Waals surface area contributed by atoms with Crippen LogP contribution in [0.1, 0.15) is 0 Å². The van der Waals surface area contributed by atoms with Gasteiger partial charge in [0.1, 0.15) is 0 Å². The van der Waals surface area contributed by atoms with Gasteiger partial charge in [0.05, 0.1) is 11.0 Å². The molecule has 0 aliphatic carbocycles. The van der Waals surface area contributed by atoms with E-state index in [0.717, 1.165) is 12.1 Å². The summed E-state index contributed by atoms with van der Waals surface area (Å²) in [5.41, 5.74) is -0.620. The predicted octanol–water partition coefficient (Wildman–Crippen LogP) is 0.806. The second-order valence-corrected chi connectivity index (χ2v) is 1.82. The minimum atomic E-state index is -0.824. The summed E-state index contributed by atoms with van der Waals surface area (Å²) in [5.74, 6) is -1.27. The van der Waals surface area contributed by atoms with E-state index in [2.05, 4.69) is 6.07 Å². The van der Waals surface area contributed by atoms with Crippen molar-refractivity contribution in [1.29, 1.82) is 0 Å². The zero-order valence-corrected chi connectivity index (χ0v) is 5.31. The maximum absolute atomic E-state index is 10.1. The Labute approximate surface area is 61.7 Å². The van der Waals surface area contributed by atoms with Crippen LogP contribution >= 0.6 is 0 Å². The minimum absolute atomic E-state index is 0.518. The lowest BCUT2D eigenvalue weighted by atomic mass is 10.3. The Hall–Kier alpha value is -1.78. The number of nitro benzene ring substituents is 1. The zero-order chi connectivity index (χ0) is 8.43. The molecule has 0 saturated carbocycles. The molecule has 0 saturated heterocycles. The van der Waals surface area contributed by atoms with Crippen molar-refractivity contribution in [3.8, 4) is 11.5 Å². The van der Waals surface area contributed by atoms with Crippen LogP contribution in [0.2, 0.25) is 0 Å². The summed E-state index contributed by atoms with van der Waals surface area (Å²) in [6.07, 6.45) is 0. The van der Waals surface area contributed by atoms with Crippen molar-refractivity contribution in [1.82, 2.24) is 0 Å². The maximum atomic E-state index is 10.1. The molecule has 0 aliphatic rings. The Balaban J connectivity index is 3.27. The van der Waals surface area contributed by atoms with Gasteiger partial charge < -0.3 is 10.2 Å². The third kappa shape index (κ3) is 1.21. The summed E-state index contributed by atoms with van der Waals surface area (Å²) in [7, 11) is 0. The lowest BCUT2D eigenvalue weighted by Gasteiger charge is -1.95. The summed E-state index contributed by atoms with van der Waals surface area (Å²) in [5, 5.41) is 27.7. The van der Waals surface area contributed by atoms with Crippen molar-refractivity contribution >= 4 is 5.69 Å². The van der Waals surface area contributed by atoms with Crippen LogP contribution in [0.4, 0.5) is 5.69 Å². The van der Waals surface area contributed by atoms with Crippen molar-refractivity contribution in [3.05, 3.63) is 28.3 Å². The molecule has 0 spiro atoms. The minimum Gasteiger partial charge on any atom is -0.504 e. The Kier molecular flexibility index (Phi) is 1.63. The summed E-state index contributed by atoms with van der Waals surface area (Å²) in [6, 6.07) is 4.44. The number of nitro groups is 1. The van der Waals surface area contributed by atoms with Gasteiger partial charge in [-0.1, -0.05) is 0 Å². The van der Waals surface area contributed by atoms with Crippen molar-refractivity contribution in [2.24, 2.45) is 0 Å². The largest absolute Gasteiger partial charge is 0.504 e. The van der Waals surface area contributed by atoms with Crippen molar-refractivity contribution < 1.29 is 15.1 Å². The molecule has 0 unspecified atom stereocenters. The first kappa shape index (κ1) is 7.33. The van der Waals surface area contributed by atoms with E-state index in [9.17, 15) is 10.1 Å². The fraction of sp³-hybridized carbons (Fsp3) is 0. The van der Waals surface area contributed by atoms with Gasteiger partial charge in [-0.2, -0.15) is 0 Å². The third-order valence-corrected chi connectivity index (χ3v) is 1.11. The topological polar surface area (TPSA) is 83.6 Å². The van der Waals surface area contributed by atoms with Crippen LogP contribution in [0.5, 0.6) is 11.5 Å². The highest BCUT2D eigenvalue weighted by Gasteiger charge is 2.15. The standard InChI is InChI=1S/C6H4NO4/c8-5-3-1-2-4(6(5)9)7(10)11/h1,3,8-9H. The molecule has 11 heavy (non-hydrogen) atoms. The highest BCUT2D eigenvalue weighted by Crippen LogP contribution is 2.33. The molecule has 5 nitrogen and oxygen atoms in total. The number of benzene rings is 1. The van der Waals surface area contributed by atoms with Crippen LogP contribution in [-0.2, 0) is 0 Å². The van der Waals surface area contributed by atoms with Crippen molar-refractivity contribution in [3.63, 3.8) is 0 Å². The van der Waals surface area contributed by atoms with Gasteiger partial charge in [-0.05, 0) is 12.1 Å². The van der Waals surface area contributed by atoms with Gasteiger partial charge >= 0.3 is 5.69 Å². The molecule has 0 amide bonds. The van der Waals surface area contributed by atoms with Gasteiger partial charge in [0.15, 0.2) is 5.75 Å². The van der Waals surface area contributed by atoms with E-state index in [1.807, 2.05) is 0 Å². The maximum Gasteiger partial charge on any atom is 0.322 e. The van der Waals surface area contributed by atoms with E-state index >= 15 is 0 Å². The molecular weight excluding hydrogens is 150 g/mol. The number of phenolic OH excluding ortho intramolecular Hbond substituents is 2. The Morgan fingerprint density at radius 3 is 2.64 bits per heavy atom. The van der Waals surface area contributed by atoms with E-state index in [-0.39, 0.29) is 0 Å². The highest BCUT2D eigenvalue weighted by atomic mass is 16.6. The lowest BCUT2D eigenvalue weighted by Crippen LogP contribution is -1.87. The number of aromatic hydroxyl groups is 2. The van der Waals surface area contributed by atoms with Gasteiger partial charge in [0.2, 0.25) is 5.75 Å². The van der Waals surface area contributed by atoms with Crippen LogP contribution in [0.15, 0.2) is 12.1 Å². The molecule has 0 aliphatic heterocycles. The molecule has 1 aromatic rings. The average molecular weight is 154 g/mol. The Bertz CT molecular complexity index is 297. The van der Waals surface area contributed by atoms with Gasteiger partial charge in [0, 0.05) is 0 Å². The molecule has 57 valence electrons. The van der Waals surface area contributed by atoms with E-state index in [1.165, 1.54) is 0 Å². The molecule has 2 N–H and O–H groups in total. The van der Waals surface area contributed by atoms with Crippen molar-refractivity contribution in [2.75, 3.05) is 0 Å². The molecule has 5 heteroatoms. The summed E-state index contributed by atoms with van der Waals surface area (Å²) in [6.45, 7) is 0. The molecule has 1 radical (unpaired) electrons. The number of phenols is 2. The Morgan fingerprint density at radius 2 is 2.18 bits per heavy atom. The number of hydrogen-bond acceptors (Lipinski definition) is 4. The second-order valence-electron chi connectivity index (χ2n) is 1.82. The van der Waals surface area contributed by atoms with Crippen LogP contribution in [-0.4, -0.2) is 15.1 Å². The zero-order valence-electron chi connectivity index (χ0n) is 5.31. The molecule has 0 bridgehead atoms. The van der Waals surface area contributed by atoms with Gasteiger partial charge in [-0.25, -0.2) is 0 Å². The number of rotatable bonds is 1. The molecule has 0 heterocycles. The van der Waals surface area contributed by atoms with Crippen LogP contribution in [0.25, 0.3) is 0 Å². The Morgan fingerprint density at radius 1 is 1.55 bits per heavy atom. The first-order chi connectivity index (χ1) is 5.13. The van der Waals surface area contributed by atoms with Gasteiger partial charge in [-0.15, -0.1) is 0 Å². The molecule has 1 aromatic carbocycles. The third-order valence-electron chi connectivity index (χ3n) is 1.11. The summed E-state index contributed by atoms with van der Waals surface area (Å²) in [4.78, 5) is 9.25. The quantitative estimate of drug-likeness (QED) is 0.356. The van der Waals surface area contributed by atoms with Crippen LogP contribution in [0, 0.1) is 16.2 Å². The van der Waals surface area contributed by atoms with Crippen molar-refractivity contribution in [2.45, 2.75) is 0 Å². The summed E-state index contributed by atoms with van der Waals surface area (Å²) < 4.78 is 0. The molecule has 0 fully saturated rings. The molecule has 0 atom stereocenters. The lowest BCUT2D eigenvalue weighted by molar-refractivity contribution is -0.386. The van der Waals surface area contributed by atoms with Gasteiger partial charge in [-0.3, -0.25) is 10.1 Å². The SMILES string of the molecule is O=[N+]([O-])c1[c]ccc(O)c1O. The summed E-state index contributed by atoms with van der Waals surface area (Å²) >= 11 is 0. The molecule has 1 rings (SSSR count). The first-order valence-corrected chi connectivity index (χ1v) is 2.70. The number of hydrogen-bond donors (Lipinski definition) is 2. The average Bonchev–Trinajstić information content (AvgIpc) is 1.94. The predicted molar refractivity (Wildman–Crippen MR) is 35.3 cm³/mol. The number of nitrogens with zero attached hydrogens (tertiary/aromatic N) is 1. The van der Waals surface area contributed by atoms with Crippen LogP contribution < -0.4 is 0 Å². The molecule has 0 aromatic heterocycles. The normalized spacial score (nSPS) is 9.45. The fourth-order valence-electron chi connectivity index (χ4n) is 0.607. The monoisotopic (exact) mass is 154 g/mol. The van der Waals surface area contributed by atoms with E-state index < -0.39 is 22.1 Å². The second kappa shape index (κ2) is 2.45. The fourth-order valence-corrected chi connectivity index (χ4v) is 0.607. The van der Waals surface area contributed by atoms with Gasteiger partial charge in [0.25, 0.3) is 0 Å². The van der Waals surface area contributed by atoms with E-state index in [1.54, 1.807) is 0 Å². The smallest absolute Gasteiger partial charge is 0.322 e.